The molecule has 1 N–H and O–H groups in total. The van der Waals surface area contributed by atoms with Crippen LogP contribution in [0.25, 0.3) is 22.3 Å². The minimum atomic E-state index is -0.639. The number of piperidine rings is 1. The molecule has 47 heavy (non-hydrogen) atoms. The quantitative estimate of drug-likeness (QED) is 0.347. The highest BCUT2D eigenvalue weighted by Crippen LogP contribution is 2.33. The summed E-state index contributed by atoms with van der Waals surface area (Å²) in [7, 11) is 1.31. The van der Waals surface area contributed by atoms with Crippen molar-refractivity contribution in [2.45, 2.75) is 71.4 Å². The van der Waals surface area contributed by atoms with Gasteiger partial charge in [-0.1, -0.05) is 69.3 Å². The summed E-state index contributed by atoms with van der Waals surface area (Å²) in [5.74, 6) is 0.214. The van der Waals surface area contributed by atoms with E-state index in [9.17, 15) is 14.4 Å². The molecule has 0 radical (unpaired) electrons. The van der Waals surface area contributed by atoms with E-state index in [1.807, 2.05) is 43.0 Å². The van der Waals surface area contributed by atoms with Crippen molar-refractivity contribution in [3.05, 3.63) is 72.1 Å². The van der Waals surface area contributed by atoms with E-state index in [1.54, 1.807) is 0 Å². The van der Waals surface area contributed by atoms with Gasteiger partial charge in [0.2, 0.25) is 11.8 Å². The molecule has 0 bridgehead atoms. The van der Waals surface area contributed by atoms with Crippen LogP contribution < -0.4 is 5.32 Å². The maximum Gasteiger partial charge on any atom is 0.407 e. The second-order valence-electron chi connectivity index (χ2n) is 13.5. The predicted molar refractivity (Wildman–Crippen MR) is 186 cm³/mol. The van der Waals surface area contributed by atoms with Crippen molar-refractivity contribution >= 4 is 40.5 Å². The number of ether oxygens (including phenoxy) is 1. The van der Waals surface area contributed by atoms with Crippen molar-refractivity contribution in [1.29, 1.82) is 0 Å². The number of methoxy groups -OCH3 is 1. The van der Waals surface area contributed by atoms with Gasteiger partial charge < -0.3 is 19.9 Å². The summed E-state index contributed by atoms with van der Waals surface area (Å²) >= 11 is 0. The fourth-order valence-electron chi connectivity index (χ4n) is 7.10. The van der Waals surface area contributed by atoms with Crippen LogP contribution in [0.4, 0.5) is 4.79 Å². The molecule has 0 aromatic heterocycles. The van der Waals surface area contributed by atoms with Crippen molar-refractivity contribution in [1.82, 2.24) is 15.1 Å². The highest BCUT2D eigenvalue weighted by Gasteiger charge is 2.38. The molecule has 0 aliphatic carbocycles. The third-order valence-corrected chi connectivity index (χ3v) is 9.88. The molecule has 3 amide bonds. The van der Waals surface area contributed by atoms with Crippen LogP contribution in [0.3, 0.4) is 0 Å². The molecule has 0 saturated carbocycles. The smallest absolute Gasteiger partial charge is 0.407 e. The zero-order valence-electron chi connectivity index (χ0n) is 27.9. The number of alkyl carbamates (subject to hydrolysis) is 1. The third-order valence-electron chi connectivity index (χ3n) is 9.88. The number of likely N-dealkylation sites (tertiary alicyclic amines) is 2. The van der Waals surface area contributed by atoms with Gasteiger partial charge in [-0.15, -0.1) is 0 Å². The van der Waals surface area contributed by atoms with E-state index in [0.717, 1.165) is 77.9 Å². The second-order valence-corrected chi connectivity index (χ2v) is 13.5. The summed E-state index contributed by atoms with van der Waals surface area (Å²) in [4.78, 5) is 51.2. The molecule has 2 aromatic carbocycles. The molecule has 2 aromatic rings. The summed E-state index contributed by atoms with van der Waals surface area (Å²) < 4.78 is 4.76. The molecular formula is C38H45N5O4. The van der Waals surface area contributed by atoms with Gasteiger partial charge in [-0.05, 0) is 65.0 Å². The minimum Gasteiger partial charge on any atom is -0.453 e. The van der Waals surface area contributed by atoms with Crippen molar-refractivity contribution in [2.75, 3.05) is 26.7 Å². The van der Waals surface area contributed by atoms with Gasteiger partial charge in [-0.2, -0.15) is 0 Å². The Balaban J connectivity index is 1.03. The first-order valence-corrected chi connectivity index (χ1v) is 16.9. The van der Waals surface area contributed by atoms with Crippen molar-refractivity contribution in [2.24, 2.45) is 21.8 Å². The van der Waals surface area contributed by atoms with Crippen LogP contribution in [-0.4, -0.2) is 78.0 Å². The Morgan fingerprint density at radius 1 is 0.872 bits per heavy atom. The van der Waals surface area contributed by atoms with Crippen LogP contribution in [0.1, 0.15) is 70.4 Å². The number of hydrogen-bond acceptors (Lipinski definition) is 6. The zero-order chi connectivity index (χ0) is 33.1. The van der Waals surface area contributed by atoms with E-state index in [1.165, 1.54) is 12.7 Å². The van der Waals surface area contributed by atoms with Gasteiger partial charge in [0.05, 0.1) is 19.7 Å². The van der Waals surface area contributed by atoms with Gasteiger partial charge >= 0.3 is 6.09 Å². The first kappa shape index (κ1) is 32.4. The molecule has 6 rings (SSSR count). The topological polar surface area (TPSA) is 104 Å². The van der Waals surface area contributed by atoms with Crippen molar-refractivity contribution in [3.8, 4) is 11.1 Å². The molecule has 2 fully saturated rings. The number of hydrogen-bond donors (Lipinski definition) is 1. The van der Waals surface area contributed by atoms with Gasteiger partial charge in [-0.25, -0.2) is 4.79 Å². The molecule has 0 unspecified atom stereocenters. The zero-order valence-corrected chi connectivity index (χ0v) is 27.9. The SMILES string of the molecule is COC(=O)N[C@H](C(=O)N1CCC[C@H]1C1=NC=C(c2ccc(-c3ccc(C4=CN=C(CN5CCC[C@H](C)C5=O)C4)cc3)cc2)C1)C(C)C. The van der Waals surface area contributed by atoms with Crippen molar-refractivity contribution < 1.29 is 19.1 Å². The summed E-state index contributed by atoms with van der Waals surface area (Å²) in [5, 5.41) is 2.72. The highest BCUT2D eigenvalue weighted by atomic mass is 16.5. The number of nitrogens with one attached hydrogen (secondary N) is 1. The Morgan fingerprint density at radius 3 is 2.11 bits per heavy atom. The van der Waals surface area contributed by atoms with Crippen molar-refractivity contribution in [3.63, 3.8) is 0 Å². The fourth-order valence-corrected chi connectivity index (χ4v) is 7.10. The molecule has 9 nitrogen and oxygen atoms in total. The highest BCUT2D eigenvalue weighted by molar-refractivity contribution is 6.04. The third kappa shape index (κ3) is 7.09. The normalized spacial score (nSPS) is 21.8. The van der Waals surface area contributed by atoms with Crippen LogP contribution in [0, 0.1) is 11.8 Å². The van der Waals surface area contributed by atoms with E-state index in [-0.39, 0.29) is 29.7 Å². The Hall–Kier alpha value is -4.53. The van der Waals surface area contributed by atoms with Crippen LogP contribution in [0.5, 0.6) is 0 Å². The summed E-state index contributed by atoms with van der Waals surface area (Å²) in [6.07, 6.45) is 8.58. The first-order chi connectivity index (χ1) is 22.7. The second kappa shape index (κ2) is 14.1. The molecule has 2 saturated heterocycles. The van der Waals surface area contributed by atoms with Crippen LogP contribution in [0.15, 0.2) is 70.9 Å². The Bertz CT molecular complexity index is 1640. The number of carbonyl (C=O) groups is 3. The summed E-state index contributed by atoms with van der Waals surface area (Å²) in [6, 6.07) is 16.5. The number of nitrogens with zero attached hydrogens (tertiary/aromatic N) is 4. The Labute approximate surface area is 277 Å². The van der Waals surface area contributed by atoms with Gasteiger partial charge in [0.1, 0.15) is 6.04 Å². The van der Waals surface area contributed by atoms with Gasteiger partial charge in [0.25, 0.3) is 0 Å². The van der Waals surface area contributed by atoms with E-state index in [4.69, 9.17) is 9.73 Å². The van der Waals surface area contributed by atoms with Gasteiger partial charge in [0.15, 0.2) is 0 Å². The molecule has 4 aliphatic heterocycles. The monoisotopic (exact) mass is 635 g/mol. The fraction of sp³-hybridized carbons (Fsp3) is 0.447. The van der Waals surface area contributed by atoms with E-state index in [0.29, 0.717) is 19.5 Å². The Morgan fingerprint density at radius 2 is 1.47 bits per heavy atom. The summed E-state index contributed by atoms with van der Waals surface area (Å²) in [6.45, 7) is 7.98. The first-order valence-electron chi connectivity index (χ1n) is 16.9. The lowest BCUT2D eigenvalue weighted by atomic mass is 9.95. The number of rotatable bonds is 9. The molecule has 4 heterocycles. The molecule has 246 valence electrons. The largest absolute Gasteiger partial charge is 0.453 e. The van der Waals surface area contributed by atoms with Gasteiger partial charge in [-0.3, -0.25) is 19.6 Å². The maximum absolute atomic E-state index is 13.5. The number of carbonyl (C=O) groups excluding carboxylic acids is 3. The maximum atomic E-state index is 13.5. The minimum absolute atomic E-state index is 0.0649. The number of allylic oxidation sites excluding steroid dienone is 2. The average molecular weight is 636 g/mol. The van der Waals surface area contributed by atoms with E-state index < -0.39 is 12.1 Å². The van der Waals surface area contributed by atoms with Gasteiger partial charge in [0, 0.05) is 55.7 Å². The average Bonchev–Trinajstić information content (AvgIpc) is 3.87. The molecule has 4 aliphatic rings. The lowest BCUT2D eigenvalue weighted by Gasteiger charge is -2.31. The lowest BCUT2D eigenvalue weighted by Crippen LogP contribution is -2.53. The van der Waals surface area contributed by atoms with Crippen LogP contribution in [-0.2, 0) is 14.3 Å². The number of aliphatic imine (C=N–C) groups is 2. The Kier molecular flexibility index (Phi) is 9.71. The summed E-state index contributed by atoms with van der Waals surface area (Å²) in [5.41, 5.74) is 8.93. The molecule has 0 spiro atoms. The predicted octanol–water partition coefficient (Wildman–Crippen LogP) is 6.35. The number of benzene rings is 2. The lowest BCUT2D eigenvalue weighted by molar-refractivity contribution is -0.137. The van der Waals surface area contributed by atoms with Crippen LogP contribution >= 0.6 is 0 Å². The van der Waals surface area contributed by atoms with E-state index in [2.05, 4.69) is 58.8 Å². The standard InChI is InChI=1S/C38H45N5O4/c1-24(2)35(41-38(46)47-4)37(45)43-18-6-8-34(43)33-20-31(22-40-33)29-15-11-27(12-16-29)26-9-13-28(14-10-26)30-19-32(39-21-30)23-42-17-5-7-25(3)36(42)44/h9-16,21-22,24-25,34-35H,5-8,17-20,23H2,1-4H3,(H,41,46)/t25-,34-,35-/m0/s1. The molecular weight excluding hydrogens is 590 g/mol. The molecule has 9 heteroatoms. The van der Waals surface area contributed by atoms with E-state index >= 15 is 0 Å². The van der Waals surface area contributed by atoms with Crippen LogP contribution in [0.2, 0.25) is 0 Å². The molecule has 3 atom stereocenters. The number of amides is 3.